The maximum absolute atomic E-state index is 8.65. The first kappa shape index (κ1) is 7.66. The Labute approximate surface area is 49.5 Å². The van der Waals surface area contributed by atoms with Crippen LogP contribution < -0.4 is 0 Å². The SMILES string of the molecule is CC(O)CC=CCO. The Balaban J connectivity index is 3.03. The third kappa shape index (κ3) is 5.66. The van der Waals surface area contributed by atoms with Gasteiger partial charge in [-0.3, -0.25) is 0 Å². The number of hydrogen-bond acceptors (Lipinski definition) is 2. The average molecular weight is 116 g/mol. The second kappa shape index (κ2) is 4.81. The van der Waals surface area contributed by atoms with Gasteiger partial charge in [0.25, 0.3) is 0 Å². The highest BCUT2D eigenvalue weighted by atomic mass is 16.3. The summed E-state index contributed by atoms with van der Waals surface area (Å²) in [6.07, 6.45) is 3.70. The van der Waals surface area contributed by atoms with Crippen molar-refractivity contribution >= 4 is 0 Å². The topological polar surface area (TPSA) is 40.5 Å². The van der Waals surface area contributed by atoms with Gasteiger partial charge < -0.3 is 10.2 Å². The van der Waals surface area contributed by atoms with Crippen LogP contribution in [0.4, 0.5) is 0 Å². The molecule has 0 aliphatic carbocycles. The summed E-state index contributed by atoms with van der Waals surface area (Å²) in [4.78, 5) is 0. The summed E-state index contributed by atoms with van der Waals surface area (Å²) in [6.45, 7) is 1.77. The Kier molecular flexibility index (Phi) is 4.61. The molecular weight excluding hydrogens is 104 g/mol. The van der Waals surface area contributed by atoms with E-state index >= 15 is 0 Å². The molecule has 2 nitrogen and oxygen atoms in total. The van der Waals surface area contributed by atoms with Crippen LogP contribution >= 0.6 is 0 Å². The smallest absolute Gasteiger partial charge is 0.0612 e. The van der Waals surface area contributed by atoms with Gasteiger partial charge in [0.05, 0.1) is 12.7 Å². The van der Waals surface area contributed by atoms with E-state index in [2.05, 4.69) is 0 Å². The van der Waals surface area contributed by atoms with Gasteiger partial charge in [0.2, 0.25) is 0 Å². The summed E-state index contributed by atoms with van der Waals surface area (Å²) in [7, 11) is 0. The van der Waals surface area contributed by atoms with Gasteiger partial charge in [-0.2, -0.15) is 0 Å². The van der Waals surface area contributed by atoms with E-state index in [1.54, 1.807) is 19.1 Å². The van der Waals surface area contributed by atoms with Crippen molar-refractivity contribution in [2.75, 3.05) is 6.61 Å². The molecule has 0 aliphatic rings. The minimum absolute atomic E-state index is 0.0622. The quantitative estimate of drug-likeness (QED) is 0.521. The van der Waals surface area contributed by atoms with E-state index in [9.17, 15) is 0 Å². The number of rotatable bonds is 3. The normalized spacial score (nSPS) is 14.9. The van der Waals surface area contributed by atoms with Crippen molar-refractivity contribution in [2.24, 2.45) is 0 Å². The standard InChI is InChI=1S/C6H12O2/c1-6(8)4-2-3-5-7/h2-3,6-8H,4-5H2,1H3. The highest BCUT2D eigenvalue weighted by Gasteiger charge is 1.86. The Bertz CT molecular complexity index is 66.9. The van der Waals surface area contributed by atoms with Crippen molar-refractivity contribution in [2.45, 2.75) is 19.4 Å². The largest absolute Gasteiger partial charge is 0.393 e. The second-order valence-corrected chi connectivity index (χ2v) is 1.74. The van der Waals surface area contributed by atoms with Crippen LogP contribution in [0.5, 0.6) is 0 Å². The van der Waals surface area contributed by atoms with E-state index in [4.69, 9.17) is 10.2 Å². The fourth-order valence-corrected chi connectivity index (χ4v) is 0.368. The molecule has 0 heterocycles. The van der Waals surface area contributed by atoms with Crippen LogP contribution in [-0.2, 0) is 0 Å². The highest BCUT2D eigenvalue weighted by Crippen LogP contribution is 1.88. The monoisotopic (exact) mass is 116 g/mol. The van der Waals surface area contributed by atoms with E-state index < -0.39 is 0 Å². The van der Waals surface area contributed by atoms with Gasteiger partial charge in [-0.15, -0.1) is 0 Å². The Morgan fingerprint density at radius 2 is 2.12 bits per heavy atom. The van der Waals surface area contributed by atoms with Gasteiger partial charge in [-0.1, -0.05) is 12.2 Å². The molecule has 0 aromatic carbocycles. The van der Waals surface area contributed by atoms with Crippen molar-refractivity contribution in [3.63, 3.8) is 0 Å². The Hall–Kier alpha value is -0.340. The molecule has 8 heavy (non-hydrogen) atoms. The van der Waals surface area contributed by atoms with Crippen molar-refractivity contribution < 1.29 is 10.2 Å². The second-order valence-electron chi connectivity index (χ2n) is 1.74. The number of aliphatic hydroxyl groups is 2. The molecule has 0 spiro atoms. The third-order valence-electron chi connectivity index (χ3n) is 0.749. The van der Waals surface area contributed by atoms with E-state index in [1.165, 1.54) is 0 Å². The van der Waals surface area contributed by atoms with Gasteiger partial charge >= 0.3 is 0 Å². The van der Waals surface area contributed by atoms with Crippen LogP contribution in [0, 0.1) is 0 Å². The first-order valence-corrected chi connectivity index (χ1v) is 2.71. The number of aliphatic hydroxyl groups excluding tert-OH is 2. The molecule has 1 atom stereocenters. The van der Waals surface area contributed by atoms with Crippen LogP contribution in [0.2, 0.25) is 0 Å². The fourth-order valence-electron chi connectivity index (χ4n) is 0.368. The molecule has 0 amide bonds. The average Bonchev–Trinajstić information content (AvgIpc) is 1.66. The van der Waals surface area contributed by atoms with Crippen molar-refractivity contribution in [3.8, 4) is 0 Å². The molecule has 0 bridgehead atoms. The molecule has 0 saturated carbocycles. The summed E-state index contributed by atoms with van der Waals surface area (Å²) in [5.41, 5.74) is 0. The van der Waals surface area contributed by atoms with Crippen molar-refractivity contribution in [1.82, 2.24) is 0 Å². The van der Waals surface area contributed by atoms with Gasteiger partial charge in [0, 0.05) is 0 Å². The highest BCUT2D eigenvalue weighted by molar-refractivity contribution is 4.81. The van der Waals surface area contributed by atoms with Crippen LogP contribution in [-0.4, -0.2) is 22.9 Å². The molecular formula is C6H12O2. The summed E-state index contributed by atoms with van der Waals surface area (Å²) >= 11 is 0. The lowest BCUT2D eigenvalue weighted by molar-refractivity contribution is 0.198. The maximum Gasteiger partial charge on any atom is 0.0612 e. The molecule has 1 unspecified atom stereocenters. The minimum Gasteiger partial charge on any atom is -0.393 e. The zero-order chi connectivity index (χ0) is 6.41. The molecule has 2 N–H and O–H groups in total. The van der Waals surface area contributed by atoms with Crippen LogP contribution in [0.25, 0.3) is 0 Å². The molecule has 48 valence electrons. The van der Waals surface area contributed by atoms with E-state index in [-0.39, 0.29) is 12.7 Å². The Morgan fingerprint density at radius 1 is 1.50 bits per heavy atom. The van der Waals surface area contributed by atoms with Gasteiger partial charge in [-0.25, -0.2) is 0 Å². The van der Waals surface area contributed by atoms with Crippen LogP contribution in [0.3, 0.4) is 0 Å². The predicted octanol–water partition coefficient (Wildman–Crippen LogP) is 0.306. The molecule has 0 aliphatic heterocycles. The lowest BCUT2D eigenvalue weighted by atomic mass is 10.3. The summed E-state index contributed by atoms with van der Waals surface area (Å²) in [5, 5.41) is 16.9. The lowest BCUT2D eigenvalue weighted by Crippen LogP contribution is -1.95. The first-order valence-electron chi connectivity index (χ1n) is 2.71. The number of hydrogen-bond donors (Lipinski definition) is 2. The van der Waals surface area contributed by atoms with Gasteiger partial charge in [0.15, 0.2) is 0 Å². The summed E-state index contributed by atoms with van der Waals surface area (Å²) < 4.78 is 0. The van der Waals surface area contributed by atoms with Gasteiger partial charge in [0.1, 0.15) is 0 Å². The molecule has 0 saturated heterocycles. The van der Waals surface area contributed by atoms with Crippen molar-refractivity contribution in [1.29, 1.82) is 0 Å². The van der Waals surface area contributed by atoms with E-state index in [0.29, 0.717) is 6.42 Å². The van der Waals surface area contributed by atoms with E-state index in [1.807, 2.05) is 0 Å². The summed E-state index contributed by atoms with van der Waals surface area (Å²) in [6, 6.07) is 0. The fraction of sp³-hybridized carbons (Fsp3) is 0.667. The van der Waals surface area contributed by atoms with Crippen LogP contribution in [0.15, 0.2) is 12.2 Å². The maximum atomic E-state index is 8.65. The van der Waals surface area contributed by atoms with Crippen LogP contribution in [0.1, 0.15) is 13.3 Å². The predicted molar refractivity (Wildman–Crippen MR) is 32.5 cm³/mol. The molecule has 0 rings (SSSR count). The molecule has 0 fully saturated rings. The lowest BCUT2D eigenvalue weighted by Gasteiger charge is -1.94. The molecule has 0 radical (unpaired) electrons. The molecule has 0 aromatic rings. The van der Waals surface area contributed by atoms with Gasteiger partial charge in [-0.05, 0) is 13.3 Å². The third-order valence-corrected chi connectivity index (χ3v) is 0.749. The first-order chi connectivity index (χ1) is 3.77. The van der Waals surface area contributed by atoms with E-state index in [0.717, 1.165) is 0 Å². The molecule has 2 heteroatoms. The minimum atomic E-state index is -0.294. The molecule has 0 aromatic heterocycles. The van der Waals surface area contributed by atoms with Crippen molar-refractivity contribution in [3.05, 3.63) is 12.2 Å². The Morgan fingerprint density at radius 3 is 2.50 bits per heavy atom. The zero-order valence-corrected chi connectivity index (χ0v) is 5.04. The zero-order valence-electron chi connectivity index (χ0n) is 5.04. The summed E-state index contributed by atoms with van der Waals surface area (Å²) in [5.74, 6) is 0.